The molecule has 0 aliphatic heterocycles. The number of nitrogens with zero attached hydrogens (tertiary/aromatic N) is 2. The van der Waals surface area contributed by atoms with E-state index in [2.05, 4.69) is 5.10 Å². The lowest BCUT2D eigenvalue weighted by molar-refractivity contribution is 0.0697. The van der Waals surface area contributed by atoms with E-state index in [0.717, 1.165) is 22.6 Å². The van der Waals surface area contributed by atoms with Gasteiger partial charge in [0.1, 0.15) is 5.75 Å². The van der Waals surface area contributed by atoms with Crippen LogP contribution in [0, 0.1) is 0 Å². The van der Waals surface area contributed by atoms with Gasteiger partial charge in [-0.25, -0.2) is 9.48 Å². The second-order valence-electron chi connectivity index (χ2n) is 4.76. The average molecular weight is 294 g/mol. The maximum atomic E-state index is 10.9. The third-order valence-corrected chi connectivity index (χ3v) is 3.37. The lowest BCUT2D eigenvalue weighted by atomic mass is 10.1. The molecule has 0 amide bonds. The van der Waals surface area contributed by atoms with Crippen molar-refractivity contribution in [1.29, 1.82) is 0 Å². The highest BCUT2D eigenvalue weighted by Gasteiger charge is 2.06. The van der Waals surface area contributed by atoms with Crippen molar-refractivity contribution in [2.24, 2.45) is 0 Å². The molecule has 22 heavy (non-hydrogen) atoms. The Morgan fingerprint density at radius 2 is 1.91 bits per heavy atom. The molecule has 0 fully saturated rings. The third kappa shape index (κ3) is 2.69. The molecule has 0 radical (unpaired) electrons. The van der Waals surface area contributed by atoms with E-state index in [1.54, 1.807) is 42.3 Å². The summed E-state index contributed by atoms with van der Waals surface area (Å²) >= 11 is 0. The van der Waals surface area contributed by atoms with Crippen molar-refractivity contribution in [3.8, 4) is 22.6 Å². The molecule has 1 N–H and O–H groups in total. The van der Waals surface area contributed by atoms with E-state index in [1.165, 1.54) is 0 Å². The van der Waals surface area contributed by atoms with Crippen molar-refractivity contribution in [3.05, 3.63) is 66.5 Å². The van der Waals surface area contributed by atoms with Crippen LogP contribution in [-0.2, 0) is 0 Å². The standard InChI is InChI=1S/C17H14N2O3/c1-22-16-4-2-3-15(9-16)19-11-14(10-18-19)12-5-7-13(8-6-12)17(20)21/h2-11H,1H3,(H,20,21). The van der Waals surface area contributed by atoms with E-state index >= 15 is 0 Å². The Morgan fingerprint density at radius 3 is 2.59 bits per heavy atom. The molecule has 5 nitrogen and oxygen atoms in total. The van der Waals surface area contributed by atoms with E-state index in [-0.39, 0.29) is 5.56 Å². The van der Waals surface area contributed by atoms with Crippen LogP contribution in [0.25, 0.3) is 16.8 Å². The van der Waals surface area contributed by atoms with E-state index in [4.69, 9.17) is 9.84 Å². The molecule has 5 heteroatoms. The van der Waals surface area contributed by atoms with Crippen molar-refractivity contribution >= 4 is 5.97 Å². The first-order valence-corrected chi connectivity index (χ1v) is 6.70. The summed E-state index contributed by atoms with van der Waals surface area (Å²) in [7, 11) is 1.62. The number of carbonyl (C=O) groups is 1. The van der Waals surface area contributed by atoms with Gasteiger partial charge in [0.15, 0.2) is 0 Å². The first-order chi connectivity index (χ1) is 10.7. The fraction of sp³-hybridized carbons (Fsp3) is 0.0588. The maximum Gasteiger partial charge on any atom is 0.335 e. The van der Waals surface area contributed by atoms with Crippen molar-refractivity contribution in [1.82, 2.24) is 9.78 Å². The summed E-state index contributed by atoms with van der Waals surface area (Å²) in [4.78, 5) is 10.9. The van der Waals surface area contributed by atoms with Crippen LogP contribution < -0.4 is 4.74 Å². The molecule has 0 unspecified atom stereocenters. The summed E-state index contributed by atoms with van der Waals surface area (Å²) in [6.45, 7) is 0. The number of benzene rings is 2. The largest absolute Gasteiger partial charge is 0.497 e. The van der Waals surface area contributed by atoms with Gasteiger partial charge in [0.05, 0.1) is 24.6 Å². The summed E-state index contributed by atoms with van der Waals surface area (Å²) in [6.07, 6.45) is 3.64. The number of methoxy groups -OCH3 is 1. The molecule has 110 valence electrons. The Balaban J connectivity index is 1.91. The minimum Gasteiger partial charge on any atom is -0.497 e. The summed E-state index contributed by atoms with van der Waals surface area (Å²) in [5.41, 5.74) is 3.00. The van der Waals surface area contributed by atoms with Gasteiger partial charge in [0.25, 0.3) is 0 Å². The van der Waals surface area contributed by atoms with E-state index in [0.29, 0.717) is 0 Å². The Labute approximate surface area is 127 Å². The summed E-state index contributed by atoms with van der Waals surface area (Å²) in [5, 5.41) is 13.3. The molecule has 1 heterocycles. The van der Waals surface area contributed by atoms with E-state index in [1.807, 2.05) is 30.5 Å². The SMILES string of the molecule is COc1cccc(-n2cc(-c3ccc(C(=O)O)cc3)cn2)c1. The molecule has 0 aliphatic rings. The number of hydrogen-bond donors (Lipinski definition) is 1. The first-order valence-electron chi connectivity index (χ1n) is 6.70. The minimum atomic E-state index is -0.932. The van der Waals surface area contributed by atoms with Gasteiger partial charge in [-0.1, -0.05) is 18.2 Å². The number of carboxylic acids is 1. The highest BCUT2D eigenvalue weighted by molar-refractivity contribution is 5.88. The smallest absolute Gasteiger partial charge is 0.335 e. The van der Waals surface area contributed by atoms with Crippen LogP contribution in [0.5, 0.6) is 5.75 Å². The average Bonchev–Trinajstić information content (AvgIpc) is 3.05. The highest BCUT2D eigenvalue weighted by Crippen LogP contribution is 2.22. The molecule has 0 saturated carbocycles. The molecule has 0 atom stereocenters. The zero-order chi connectivity index (χ0) is 15.5. The van der Waals surface area contributed by atoms with Crippen molar-refractivity contribution in [3.63, 3.8) is 0 Å². The number of hydrogen-bond acceptors (Lipinski definition) is 3. The van der Waals surface area contributed by atoms with Crippen LogP contribution in [0.3, 0.4) is 0 Å². The molecule has 1 aromatic heterocycles. The Hall–Kier alpha value is -3.08. The number of ether oxygens (including phenoxy) is 1. The van der Waals surface area contributed by atoms with Gasteiger partial charge in [-0.2, -0.15) is 5.10 Å². The number of aromatic carboxylic acids is 1. The second-order valence-corrected chi connectivity index (χ2v) is 4.76. The van der Waals surface area contributed by atoms with Crippen LogP contribution in [0.2, 0.25) is 0 Å². The van der Waals surface area contributed by atoms with Crippen molar-refractivity contribution in [2.75, 3.05) is 7.11 Å². The second kappa shape index (κ2) is 5.73. The van der Waals surface area contributed by atoms with Gasteiger partial charge in [0.2, 0.25) is 0 Å². The summed E-state index contributed by atoms with van der Waals surface area (Å²) < 4.78 is 6.96. The molecule has 0 aliphatic carbocycles. The topological polar surface area (TPSA) is 64.3 Å². The van der Waals surface area contributed by atoms with Crippen LogP contribution in [-0.4, -0.2) is 28.0 Å². The van der Waals surface area contributed by atoms with Crippen LogP contribution in [0.15, 0.2) is 60.9 Å². The van der Waals surface area contributed by atoms with Gasteiger partial charge in [0, 0.05) is 17.8 Å². The fourth-order valence-electron chi connectivity index (χ4n) is 2.17. The van der Waals surface area contributed by atoms with Gasteiger partial charge in [-0.15, -0.1) is 0 Å². The van der Waals surface area contributed by atoms with Gasteiger partial charge in [-0.05, 0) is 29.8 Å². The zero-order valence-corrected chi connectivity index (χ0v) is 11.9. The highest BCUT2D eigenvalue weighted by atomic mass is 16.5. The quantitative estimate of drug-likeness (QED) is 0.802. The molecule has 0 saturated heterocycles. The Bertz CT molecular complexity index is 807. The molecule has 0 bridgehead atoms. The molecule has 2 aromatic carbocycles. The maximum absolute atomic E-state index is 10.9. The lowest BCUT2D eigenvalue weighted by Gasteiger charge is -2.04. The monoisotopic (exact) mass is 294 g/mol. The predicted octanol–water partition coefficient (Wildman–Crippen LogP) is 3.25. The Kier molecular flexibility index (Phi) is 3.62. The third-order valence-electron chi connectivity index (χ3n) is 3.37. The van der Waals surface area contributed by atoms with E-state index in [9.17, 15) is 4.79 Å². The molecule has 3 rings (SSSR count). The van der Waals surface area contributed by atoms with Crippen LogP contribution in [0.4, 0.5) is 0 Å². The summed E-state index contributed by atoms with van der Waals surface area (Å²) in [6, 6.07) is 14.3. The molecular weight excluding hydrogens is 280 g/mol. The number of carboxylic acid groups (broad SMARTS) is 1. The minimum absolute atomic E-state index is 0.268. The van der Waals surface area contributed by atoms with Crippen LogP contribution >= 0.6 is 0 Å². The van der Waals surface area contributed by atoms with E-state index < -0.39 is 5.97 Å². The first kappa shape index (κ1) is 13.9. The molecular formula is C17H14N2O3. The van der Waals surface area contributed by atoms with Crippen molar-refractivity contribution < 1.29 is 14.6 Å². The predicted molar refractivity (Wildman–Crippen MR) is 82.5 cm³/mol. The number of rotatable bonds is 4. The normalized spacial score (nSPS) is 10.4. The molecule has 3 aromatic rings. The van der Waals surface area contributed by atoms with Gasteiger partial charge >= 0.3 is 5.97 Å². The number of aromatic nitrogens is 2. The van der Waals surface area contributed by atoms with Crippen LogP contribution in [0.1, 0.15) is 10.4 Å². The Morgan fingerprint density at radius 1 is 1.14 bits per heavy atom. The van der Waals surface area contributed by atoms with Gasteiger partial charge < -0.3 is 9.84 Å². The van der Waals surface area contributed by atoms with Gasteiger partial charge in [-0.3, -0.25) is 0 Å². The van der Waals surface area contributed by atoms with Crippen molar-refractivity contribution in [2.45, 2.75) is 0 Å². The lowest BCUT2D eigenvalue weighted by Crippen LogP contribution is -1.95. The molecule has 0 spiro atoms. The zero-order valence-electron chi connectivity index (χ0n) is 11.9. The summed E-state index contributed by atoms with van der Waals surface area (Å²) in [5.74, 6) is -0.168. The fourth-order valence-corrected chi connectivity index (χ4v) is 2.17.